The highest BCUT2D eigenvalue weighted by molar-refractivity contribution is 6.12. The van der Waals surface area contributed by atoms with Crippen molar-refractivity contribution in [3.8, 4) is 34.6 Å². The van der Waals surface area contributed by atoms with E-state index < -0.39 is 11.7 Å². The second-order valence-corrected chi connectivity index (χ2v) is 12.1. The Morgan fingerprint density at radius 3 is 1.71 bits per heavy atom. The minimum Gasteiger partial charge on any atom is -0.308 e. The molecule has 48 heavy (non-hydrogen) atoms. The summed E-state index contributed by atoms with van der Waals surface area (Å²) in [5.74, 6) is 0. The van der Waals surface area contributed by atoms with E-state index in [-0.39, 0.29) is 16.7 Å². The van der Waals surface area contributed by atoms with Gasteiger partial charge in [0.25, 0.3) is 0 Å². The number of nitrogens with zero attached hydrogens (tertiary/aromatic N) is 4. The second-order valence-electron chi connectivity index (χ2n) is 12.1. The molecule has 0 saturated heterocycles. The quantitative estimate of drug-likeness (QED) is 0.195. The second kappa shape index (κ2) is 10.6. The molecule has 7 heteroatoms. The Morgan fingerprint density at radius 2 is 1.12 bits per heavy atom. The molecule has 0 unspecified atom stereocenters. The van der Waals surface area contributed by atoms with Crippen molar-refractivity contribution in [1.29, 1.82) is 10.5 Å². The van der Waals surface area contributed by atoms with Gasteiger partial charge in [0, 0.05) is 27.1 Å². The topological polar surface area (TPSA) is 57.4 Å². The fourth-order valence-electron chi connectivity index (χ4n) is 7.03. The first-order valence-corrected chi connectivity index (χ1v) is 15.4. The summed E-state index contributed by atoms with van der Waals surface area (Å²) in [4.78, 5) is 0. The van der Waals surface area contributed by atoms with Crippen LogP contribution in [-0.2, 0) is 6.18 Å². The summed E-state index contributed by atoms with van der Waals surface area (Å²) in [5.41, 5.74) is 6.42. The molecule has 2 heterocycles. The van der Waals surface area contributed by atoms with Crippen molar-refractivity contribution in [3.05, 3.63) is 143 Å². The van der Waals surface area contributed by atoms with Crippen LogP contribution in [0, 0.1) is 36.5 Å². The number of aromatic nitrogens is 2. The molecule has 0 radical (unpaired) electrons. The number of para-hydroxylation sites is 2. The maximum absolute atomic E-state index is 14.2. The lowest BCUT2D eigenvalue weighted by Crippen LogP contribution is -2.08. The summed E-state index contributed by atoms with van der Waals surface area (Å²) < 4.78 is 46.6. The molecule has 8 rings (SSSR count). The number of aryl methyl sites for hydroxylation is 2. The number of hydrogen-bond donors (Lipinski definition) is 0. The lowest BCUT2D eigenvalue weighted by molar-refractivity contribution is -0.137. The predicted molar refractivity (Wildman–Crippen MR) is 184 cm³/mol. The van der Waals surface area contributed by atoms with E-state index >= 15 is 0 Å². The Morgan fingerprint density at radius 1 is 0.562 bits per heavy atom. The summed E-state index contributed by atoms with van der Waals surface area (Å²) in [7, 11) is 0. The first-order valence-electron chi connectivity index (χ1n) is 15.4. The van der Waals surface area contributed by atoms with Crippen LogP contribution >= 0.6 is 0 Å². The summed E-state index contributed by atoms with van der Waals surface area (Å²) in [6, 6.07) is 39.4. The van der Waals surface area contributed by atoms with Gasteiger partial charge < -0.3 is 9.13 Å². The zero-order chi connectivity index (χ0) is 33.3. The first-order chi connectivity index (χ1) is 23.2. The van der Waals surface area contributed by atoms with Crippen molar-refractivity contribution < 1.29 is 13.2 Å². The number of alkyl halides is 3. The lowest BCUT2D eigenvalue weighted by Gasteiger charge is -2.20. The van der Waals surface area contributed by atoms with Gasteiger partial charge in [0.05, 0.1) is 50.6 Å². The van der Waals surface area contributed by atoms with E-state index in [2.05, 4.69) is 28.8 Å². The Labute approximate surface area is 273 Å². The van der Waals surface area contributed by atoms with Gasteiger partial charge in [-0.25, -0.2) is 0 Å². The van der Waals surface area contributed by atoms with Crippen LogP contribution in [-0.4, -0.2) is 9.13 Å². The molecule has 0 amide bonds. The van der Waals surface area contributed by atoms with E-state index in [1.54, 1.807) is 12.1 Å². The molecule has 6 aromatic carbocycles. The zero-order valence-electron chi connectivity index (χ0n) is 25.9. The number of rotatable bonds is 3. The molecule has 0 aliphatic carbocycles. The van der Waals surface area contributed by atoms with Gasteiger partial charge in [0.2, 0.25) is 0 Å². The predicted octanol–water partition coefficient (Wildman–Crippen LogP) is 10.9. The largest absolute Gasteiger partial charge is 0.416 e. The minimum atomic E-state index is -4.68. The number of fused-ring (bicyclic) bond motifs is 6. The van der Waals surface area contributed by atoms with Gasteiger partial charge in [-0.3, -0.25) is 0 Å². The van der Waals surface area contributed by atoms with Crippen LogP contribution in [0.25, 0.3) is 66.1 Å². The Kier molecular flexibility index (Phi) is 6.44. The van der Waals surface area contributed by atoms with Gasteiger partial charge in [-0.1, -0.05) is 65.7 Å². The van der Waals surface area contributed by atoms with Crippen LogP contribution in [0.1, 0.15) is 27.8 Å². The van der Waals surface area contributed by atoms with Crippen LogP contribution in [0.5, 0.6) is 0 Å². The summed E-state index contributed by atoms with van der Waals surface area (Å²) >= 11 is 0. The van der Waals surface area contributed by atoms with E-state index in [4.69, 9.17) is 0 Å². The van der Waals surface area contributed by atoms with Gasteiger partial charge >= 0.3 is 6.18 Å². The third kappa shape index (κ3) is 4.36. The third-order valence-corrected chi connectivity index (χ3v) is 9.09. The number of nitriles is 2. The van der Waals surface area contributed by atoms with Crippen molar-refractivity contribution in [2.75, 3.05) is 0 Å². The van der Waals surface area contributed by atoms with Gasteiger partial charge in [-0.15, -0.1) is 0 Å². The Bertz CT molecular complexity index is 2710. The highest BCUT2D eigenvalue weighted by Gasteiger charge is 2.32. The fraction of sp³-hybridized carbons (Fsp3) is 0.0732. The standard InChI is InChI=1S/C41H25F3N4/c1-24-11-14-37-32(17-24)30-7-3-5-9-35(30)47(37)39-16-13-29(27-19-26(22-45)20-28(21-27)41(42,43)44)40(34(39)23-46)48-36-10-6-4-8-31(36)33-18-25(2)12-15-38(33)48/h3-21H,1-2H3. The van der Waals surface area contributed by atoms with E-state index in [0.717, 1.165) is 66.9 Å². The van der Waals surface area contributed by atoms with Gasteiger partial charge in [0.15, 0.2) is 0 Å². The maximum Gasteiger partial charge on any atom is 0.416 e. The first kappa shape index (κ1) is 29.1. The Hall–Kier alpha value is -6.31. The lowest BCUT2D eigenvalue weighted by atomic mass is 9.95. The molecule has 0 saturated carbocycles. The average molecular weight is 631 g/mol. The fourth-order valence-corrected chi connectivity index (χ4v) is 7.03. The molecular formula is C41H25F3N4. The van der Waals surface area contributed by atoms with Crippen LogP contribution in [0.3, 0.4) is 0 Å². The number of hydrogen-bond acceptors (Lipinski definition) is 2. The van der Waals surface area contributed by atoms with Crippen molar-refractivity contribution in [2.24, 2.45) is 0 Å². The number of benzene rings is 6. The average Bonchev–Trinajstić information content (AvgIpc) is 3.58. The maximum atomic E-state index is 14.2. The molecule has 0 fully saturated rings. The molecule has 0 aliphatic rings. The monoisotopic (exact) mass is 630 g/mol. The molecule has 0 aliphatic heterocycles. The molecule has 4 nitrogen and oxygen atoms in total. The van der Waals surface area contributed by atoms with E-state index in [9.17, 15) is 23.7 Å². The van der Waals surface area contributed by atoms with E-state index in [1.807, 2.05) is 91.2 Å². The minimum absolute atomic E-state index is 0.121. The number of halogens is 3. The Balaban J connectivity index is 1.57. The molecule has 0 N–H and O–H groups in total. The third-order valence-electron chi connectivity index (χ3n) is 9.09. The van der Waals surface area contributed by atoms with E-state index in [1.165, 1.54) is 6.07 Å². The normalized spacial score (nSPS) is 11.8. The van der Waals surface area contributed by atoms with Crippen molar-refractivity contribution in [3.63, 3.8) is 0 Å². The molecule has 230 valence electrons. The summed E-state index contributed by atoms with van der Waals surface area (Å²) in [6.45, 7) is 4.04. The molecule has 2 aromatic heterocycles. The molecule has 0 bridgehead atoms. The van der Waals surface area contributed by atoms with Crippen molar-refractivity contribution in [2.45, 2.75) is 20.0 Å². The molecule has 0 spiro atoms. The molecule has 0 atom stereocenters. The SMILES string of the molecule is Cc1ccc2c(c1)c1ccccc1n2-c1ccc(-c2cc(C#N)cc(C(F)(F)F)c2)c(-n2c3ccccc3c3cc(C)ccc32)c1C#N. The van der Waals surface area contributed by atoms with Gasteiger partial charge in [0.1, 0.15) is 11.6 Å². The molecule has 8 aromatic rings. The van der Waals surface area contributed by atoms with Crippen LogP contribution in [0.15, 0.2) is 115 Å². The van der Waals surface area contributed by atoms with Crippen LogP contribution in [0.4, 0.5) is 13.2 Å². The van der Waals surface area contributed by atoms with E-state index in [0.29, 0.717) is 16.9 Å². The smallest absolute Gasteiger partial charge is 0.308 e. The summed E-state index contributed by atoms with van der Waals surface area (Å²) in [6.07, 6.45) is -4.68. The zero-order valence-corrected chi connectivity index (χ0v) is 25.9. The highest BCUT2D eigenvalue weighted by Crippen LogP contribution is 2.43. The highest BCUT2D eigenvalue weighted by atomic mass is 19.4. The summed E-state index contributed by atoms with van der Waals surface area (Å²) in [5, 5.41) is 24.9. The van der Waals surface area contributed by atoms with Crippen molar-refractivity contribution >= 4 is 43.6 Å². The van der Waals surface area contributed by atoms with Crippen LogP contribution < -0.4 is 0 Å². The van der Waals surface area contributed by atoms with Crippen LogP contribution in [0.2, 0.25) is 0 Å². The molecular weight excluding hydrogens is 605 g/mol. The van der Waals surface area contributed by atoms with Gasteiger partial charge in [-0.2, -0.15) is 23.7 Å². The van der Waals surface area contributed by atoms with Crippen molar-refractivity contribution in [1.82, 2.24) is 9.13 Å². The van der Waals surface area contributed by atoms with Gasteiger partial charge in [-0.05, 0) is 80.1 Å².